The summed E-state index contributed by atoms with van der Waals surface area (Å²) in [4.78, 5) is 0. The molecule has 0 atom stereocenters. The summed E-state index contributed by atoms with van der Waals surface area (Å²) in [6.45, 7) is 9.18. The lowest BCUT2D eigenvalue weighted by atomic mass is 9.82. The van der Waals surface area contributed by atoms with E-state index < -0.39 is 0 Å². The number of hydrogen-bond donors (Lipinski definition) is 0. The van der Waals surface area contributed by atoms with E-state index in [2.05, 4.69) is 144 Å². The molecule has 0 fully saturated rings. The summed E-state index contributed by atoms with van der Waals surface area (Å²) < 4.78 is 2.39. The van der Waals surface area contributed by atoms with Gasteiger partial charge in [-0.25, -0.2) is 0 Å². The van der Waals surface area contributed by atoms with Crippen LogP contribution < -0.4 is 0 Å². The largest absolute Gasteiger partial charge is 0.0619 e. The third kappa shape index (κ3) is 3.15. The van der Waals surface area contributed by atoms with Crippen molar-refractivity contribution in [3.63, 3.8) is 0 Å². The molecule has 4 aromatic carbocycles. The Morgan fingerprint density at radius 3 is 1.19 bits per heavy atom. The Hall–Kier alpha value is -2.16. The van der Waals surface area contributed by atoms with Crippen molar-refractivity contribution in [3.8, 4) is 22.3 Å². The summed E-state index contributed by atoms with van der Waals surface area (Å²) in [7, 11) is 0. The first-order chi connectivity index (χ1) is 15.2. The molecule has 0 radical (unpaired) electrons. The smallest absolute Gasteiger partial charge is 0.0256 e. The van der Waals surface area contributed by atoms with Crippen LogP contribution in [0.4, 0.5) is 0 Å². The molecule has 0 aromatic heterocycles. The van der Waals surface area contributed by atoms with Crippen molar-refractivity contribution in [1.29, 1.82) is 0 Å². The van der Waals surface area contributed by atoms with Crippen LogP contribution in [0, 0.1) is 0 Å². The average Bonchev–Trinajstić information content (AvgIpc) is 3.16. The molecule has 2 aliphatic rings. The quantitative estimate of drug-likeness (QED) is 0.206. The van der Waals surface area contributed by atoms with Gasteiger partial charge in [0.2, 0.25) is 0 Å². The lowest BCUT2D eigenvalue weighted by Gasteiger charge is -2.21. The zero-order valence-corrected chi connectivity index (χ0v) is 22.0. The van der Waals surface area contributed by atoms with Crippen LogP contribution in [0.25, 0.3) is 22.3 Å². The normalized spacial score (nSPS) is 15.7. The third-order valence-corrected chi connectivity index (χ3v) is 8.44. The maximum Gasteiger partial charge on any atom is 0.0256 e. The van der Waals surface area contributed by atoms with Crippen molar-refractivity contribution < 1.29 is 0 Å². The van der Waals surface area contributed by atoms with Crippen LogP contribution in [0.2, 0.25) is 0 Å². The molecule has 0 heterocycles. The molecule has 32 heavy (non-hydrogen) atoms. The minimum absolute atomic E-state index is 0.121. The summed E-state index contributed by atoms with van der Waals surface area (Å²) in [5.74, 6) is 0. The Morgan fingerprint density at radius 2 is 0.781 bits per heavy atom. The predicted octanol–water partition coefficient (Wildman–Crippen LogP) is 9.51. The zero-order chi connectivity index (χ0) is 22.7. The van der Waals surface area contributed by atoms with Crippen molar-refractivity contribution in [2.45, 2.75) is 38.5 Å². The second-order valence-corrected chi connectivity index (χ2v) is 11.4. The first-order valence-corrected chi connectivity index (χ1v) is 12.6. The van der Waals surface area contributed by atoms with Gasteiger partial charge in [-0.1, -0.05) is 132 Å². The van der Waals surface area contributed by atoms with E-state index in [1.165, 1.54) is 53.5 Å². The second-order valence-electron chi connectivity index (χ2n) is 9.67. The van der Waals surface area contributed by atoms with Crippen molar-refractivity contribution in [3.05, 3.63) is 116 Å². The highest BCUT2D eigenvalue weighted by atomic mass is 79.9. The monoisotopic (exact) mass is 544 g/mol. The van der Waals surface area contributed by atoms with Gasteiger partial charge in [0.25, 0.3) is 0 Å². The summed E-state index contributed by atoms with van der Waals surface area (Å²) >= 11 is 7.34. The van der Waals surface area contributed by atoms with Crippen LogP contribution in [0.1, 0.15) is 49.9 Å². The number of fused-ring (bicyclic) bond motifs is 6. The Balaban J connectivity index is 0.000000135. The molecule has 0 bridgehead atoms. The molecule has 0 aliphatic heterocycles. The fourth-order valence-corrected chi connectivity index (χ4v) is 6.58. The van der Waals surface area contributed by atoms with Crippen LogP contribution >= 0.6 is 31.9 Å². The standard InChI is InChI=1S/2C15H13Br/c2*1-15(2)11-7-4-3-6-10(11)14-12(15)8-5-9-13(14)16/h2*3-9H,1-2H3. The lowest BCUT2D eigenvalue weighted by Crippen LogP contribution is -2.14. The highest BCUT2D eigenvalue weighted by Crippen LogP contribution is 2.51. The van der Waals surface area contributed by atoms with Crippen LogP contribution in [0.5, 0.6) is 0 Å². The fourth-order valence-electron chi connectivity index (χ4n) is 5.42. The van der Waals surface area contributed by atoms with Gasteiger partial charge in [-0.2, -0.15) is 0 Å². The van der Waals surface area contributed by atoms with Crippen LogP contribution in [-0.2, 0) is 10.8 Å². The minimum Gasteiger partial charge on any atom is -0.0619 e. The summed E-state index contributed by atoms with van der Waals surface area (Å²) in [5.41, 5.74) is 11.4. The molecule has 0 N–H and O–H groups in total. The Kier molecular flexibility index (Phi) is 5.22. The number of rotatable bonds is 0. The summed E-state index contributed by atoms with van der Waals surface area (Å²) in [6, 6.07) is 30.3. The maximum atomic E-state index is 3.67. The van der Waals surface area contributed by atoms with E-state index in [-0.39, 0.29) is 10.8 Å². The van der Waals surface area contributed by atoms with E-state index in [0.717, 1.165) is 0 Å². The van der Waals surface area contributed by atoms with Crippen LogP contribution in [0.3, 0.4) is 0 Å². The average molecular weight is 546 g/mol. The molecule has 0 amide bonds. The Labute approximate surface area is 208 Å². The number of benzene rings is 4. The van der Waals surface area contributed by atoms with E-state index in [1.54, 1.807) is 0 Å². The number of hydrogen-bond acceptors (Lipinski definition) is 0. The first-order valence-electron chi connectivity index (χ1n) is 11.0. The van der Waals surface area contributed by atoms with E-state index in [1.807, 2.05) is 0 Å². The molecular formula is C30H26Br2. The van der Waals surface area contributed by atoms with E-state index in [9.17, 15) is 0 Å². The first kappa shape index (κ1) is 21.7. The molecule has 2 aliphatic carbocycles. The molecule has 0 saturated heterocycles. The minimum atomic E-state index is 0.121. The van der Waals surface area contributed by atoms with Crippen molar-refractivity contribution in [1.82, 2.24) is 0 Å². The van der Waals surface area contributed by atoms with Gasteiger partial charge in [0.05, 0.1) is 0 Å². The maximum absolute atomic E-state index is 3.67. The summed E-state index contributed by atoms with van der Waals surface area (Å²) in [5, 5.41) is 0. The van der Waals surface area contributed by atoms with Gasteiger partial charge in [-0.15, -0.1) is 0 Å². The highest BCUT2D eigenvalue weighted by molar-refractivity contribution is 9.11. The number of halogens is 2. The third-order valence-electron chi connectivity index (χ3n) is 7.11. The van der Waals surface area contributed by atoms with Gasteiger partial charge in [0, 0.05) is 30.9 Å². The van der Waals surface area contributed by atoms with Gasteiger partial charge < -0.3 is 0 Å². The molecule has 4 aromatic rings. The summed E-state index contributed by atoms with van der Waals surface area (Å²) in [6.07, 6.45) is 0. The Morgan fingerprint density at radius 1 is 0.438 bits per heavy atom. The molecule has 0 spiro atoms. The van der Waals surface area contributed by atoms with Gasteiger partial charge in [-0.3, -0.25) is 0 Å². The fraction of sp³-hybridized carbons (Fsp3) is 0.200. The van der Waals surface area contributed by atoms with E-state index >= 15 is 0 Å². The van der Waals surface area contributed by atoms with Crippen LogP contribution in [-0.4, -0.2) is 0 Å². The SMILES string of the molecule is CC1(C)c2ccccc2-c2c(Br)cccc21.CC1(C)c2ccccc2-c2c(Br)cccc21. The zero-order valence-electron chi connectivity index (χ0n) is 18.8. The van der Waals surface area contributed by atoms with Crippen molar-refractivity contribution in [2.24, 2.45) is 0 Å². The molecule has 0 saturated carbocycles. The highest BCUT2D eigenvalue weighted by Gasteiger charge is 2.36. The van der Waals surface area contributed by atoms with Gasteiger partial charge in [-0.05, 0) is 45.5 Å². The van der Waals surface area contributed by atoms with Crippen molar-refractivity contribution >= 4 is 31.9 Å². The molecule has 0 nitrogen and oxygen atoms in total. The lowest BCUT2D eigenvalue weighted by molar-refractivity contribution is 0.660. The second kappa shape index (κ2) is 7.71. The Bertz CT molecular complexity index is 1240. The van der Waals surface area contributed by atoms with E-state index in [4.69, 9.17) is 0 Å². The molecule has 160 valence electrons. The molecular weight excluding hydrogens is 520 g/mol. The molecule has 6 rings (SSSR count). The topological polar surface area (TPSA) is 0 Å². The van der Waals surface area contributed by atoms with E-state index in [0.29, 0.717) is 0 Å². The van der Waals surface area contributed by atoms with Gasteiger partial charge >= 0.3 is 0 Å². The molecule has 0 unspecified atom stereocenters. The predicted molar refractivity (Wildman–Crippen MR) is 143 cm³/mol. The molecule has 2 heteroatoms. The van der Waals surface area contributed by atoms with Gasteiger partial charge in [0.1, 0.15) is 0 Å². The van der Waals surface area contributed by atoms with Crippen LogP contribution in [0.15, 0.2) is 93.9 Å². The van der Waals surface area contributed by atoms with Gasteiger partial charge in [0.15, 0.2) is 0 Å². The van der Waals surface area contributed by atoms with Crippen molar-refractivity contribution in [2.75, 3.05) is 0 Å².